The van der Waals surface area contributed by atoms with Crippen LogP contribution >= 0.6 is 0 Å². The highest BCUT2D eigenvalue weighted by Crippen LogP contribution is 2.27. The Kier molecular flexibility index (Phi) is 4.30. The molecule has 24 heavy (non-hydrogen) atoms. The van der Waals surface area contributed by atoms with Crippen molar-refractivity contribution in [1.29, 1.82) is 0 Å². The van der Waals surface area contributed by atoms with Crippen LogP contribution in [0.3, 0.4) is 0 Å². The molecule has 1 amide bonds. The minimum Gasteiger partial charge on any atom is -0.359 e. The van der Waals surface area contributed by atoms with Crippen LogP contribution < -0.4 is 10.2 Å². The minimum atomic E-state index is -0.227. The fourth-order valence-corrected chi connectivity index (χ4v) is 2.84. The smallest absolute Gasteiger partial charge is 0.248 e. The summed E-state index contributed by atoms with van der Waals surface area (Å²) in [6, 6.07) is 5.55. The number of carbonyl (C=O) groups excluding carboxylic acids is 1. The van der Waals surface area contributed by atoms with E-state index in [0.717, 1.165) is 36.5 Å². The van der Waals surface area contributed by atoms with Gasteiger partial charge in [-0.1, -0.05) is 32.0 Å². The second-order valence-corrected chi connectivity index (χ2v) is 7.36. The summed E-state index contributed by atoms with van der Waals surface area (Å²) >= 11 is 0. The van der Waals surface area contributed by atoms with Crippen LogP contribution in [0.2, 0.25) is 0 Å². The van der Waals surface area contributed by atoms with Gasteiger partial charge in [0.15, 0.2) is 5.82 Å². The molecule has 0 unspecified atom stereocenters. The zero-order valence-electron chi connectivity index (χ0n) is 14.7. The van der Waals surface area contributed by atoms with Gasteiger partial charge in [0.05, 0.1) is 0 Å². The first kappa shape index (κ1) is 16.5. The molecular formula is C18H24N4O2. The maximum Gasteiger partial charge on any atom is 0.248 e. The van der Waals surface area contributed by atoms with Crippen LogP contribution in [-0.2, 0) is 10.2 Å². The van der Waals surface area contributed by atoms with Crippen molar-refractivity contribution in [1.82, 2.24) is 10.1 Å². The first-order valence-corrected chi connectivity index (χ1v) is 8.32. The fourth-order valence-electron chi connectivity index (χ4n) is 2.84. The average Bonchev–Trinajstić information content (AvgIpc) is 3.16. The van der Waals surface area contributed by atoms with Crippen molar-refractivity contribution in [2.75, 3.05) is 16.8 Å². The molecule has 0 radical (unpaired) electrons. The highest BCUT2D eigenvalue weighted by Gasteiger charge is 2.32. The molecule has 1 aliphatic heterocycles. The van der Waals surface area contributed by atoms with E-state index in [-0.39, 0.29) is 17.4 Å². The Morgan fingerprint density at radius 2 is 2.17 bits per heavy atom. The molecule has 1 atom stereocenters. The van der Waals surface area contributed by atoms with Crippen LogP contribution in [0.25, 0.3) is 0 Å². The molecule has 2 aromatic heterocycles. The van der Waals surface area contributed by atoms with Gasteiger partial charge in [0.25, 0.3) is 0 Å². The molecule has 1 aliphatic rings. The zero-order valence-corrected chi connectivity index (χ0v) is 14.7. The first-order valence-electron chi connectivity index (χ1n) is 8.32. The maximum atomic E-state index is 12.7. The van der Waals surface area contributed by atoms with Crippen molar-refractivity contribution < 1.29 is 9.32 Å². The largest absolute Gasteiger partial charge is 0.359 e. The van der Waals surface area contributed by atoms with E-state index in [4.69, 9.17) is 4.52 Å². The van der Waals surface area contributed by atoms with E-state index >= 15 is 0 Å². The summed E-state index contributed by atoms with van der Waals surface area (Å²) in [5.41, 5.74) is 0.970. The van der Waals surface area contributed by atoms with Gasteiger partial charge in [-0.25, -0.2) is 4.98 Å². The molecule has 128 valence electrons. The Morgan fingerprint density at radius 3 is 2.79 bits per heavy atom. The van der Waals surface area contributed by atoms with Crippen LogP contribution in [0.15, 0.2) is 28.9 Å². The van der Waals surface area contributed by atoms with Gasteiger partial charge < -0.3 is 14.7 Å². The molecule has 6 nitrogen and oxygen atoms in total. The second-order valence-electron chi connectivity index (χ2n) is 7.36. The lowest BCUT2D eigenvalue weighted by molar-refractivity contribution is -0.117. The molecule has 3 heterocycles. The quantitative estimate of drug-likeness (QED) is 0.936. The van der Waals surface area contributed by atoms with Crippen molar-refractivity contribution in [3.8, 4) is 0 Å². The second kappa shape index (κ2) is 6.26. The number of amides is 1. The molecule has 0 aromatic carbocycles. The molecule has 0 saturated carbocycles. The van der Waals surface area contributed by atoms with E-state index in [1.54, 1.807) is 6.07 Å². The number of pyridine rings is 1. The summed E-state index contributed by atoms with van der Waals surface area (Å²) in [6.07, 6.45) is 3.61. The first-order chi connectivity index (χ1) is 11.3. The lowest BCUT2D eigenvalue weighted by Crippen LogP contribution is -2.40. The summed E-state index contributed by atoms with van der Waals surface area (Å²) in [5, 5.41) is 6.84. The molecule has 0 bridgehead atoms. The van der Waals surface area contributed by atoms with Gasteiger partial charge in [-0.2, -0.15) is 0 Å². The fraction of sp³-hybridized carbons (Fsp3) is 0.500. The Morgan fingerprint density at radius 1 is 1.38 bits per heavy atom. The summed E-state index contributed by atoms with van der Waals surface area (Å²) in [6.45, 7) is 8.96. The topological polar surface area (TPSA) is 71.3 Å². The summed E-state index contributed by atoms with van der Waals surface area (Å²) in [5.74, 6) is 1.99. The third-order valence-corrected chi connectivity index (χ3v) is 4.25. The van der Waals surface area contributed by atoms with Crippen LogP contribution in [0.1, 0.15) is 44.9 Å². The standard InChI is InChI=1S/C18H24N4O2/c1-12-7-8-16(19-11-12)22-9-5-6-13(22)17(23)20-15-10-14(24-21-15)18(2,3)4/h7-8,10-11,13H,5-6,9H2,1-4H3,(H,20,21,23)/t13-/m0/s1. The predicted molar refractivity (Wildman–Crippen MR) is 93.2 cm³/mol. The number of hydrogen-bond acceptors (Lipinski definition) is 5. The van der Waals surface area contributed by atoms with Gasteiger partial charge in [0.1, 0.15) is 17.6 Å². The summed E-state index contributed by atoms with van der Waals surface area (Å²) < 4.78 is 5.33. The Hall–Kier alpha value is -2.37. The van der Waals surface area contributed by atoms with Crippen molar-refractivity contribution in [2.45, 2.75) is 52.0 Å². The van der Waals surface area contributed by atoms with Gasteiger partial charge in [0.2, 0.25) is 5.91 Å². The number of aromatic nitrogens is 2. The van der Waals surface area contributed by atoms with Gasteiger partial charge in [-0.15, -0.1) is 0 Å². The Balaban J connectivity index is 1.72. The zero-order chi connectivity index (χ0) is 17.3. The average molecular weight is 328 g/mol. The molecule has 0 aliphatic carbocycles. The molecule has 1 N–H and O–H groups in total. The van der Waals surface area contributed by atoms with Crippen molar-refractivity contribution >= 4 is 17.5 Å². The molecule has 0 spiro atoms. The van der Waals surface area contributed by atoms with Gasteiger partial charge in [0, 0.05) is 24.2 Å². The third-order valence-electron chi connectivity index (χ3n) is 4.25. The summed E-state index contributed by atoms with van der Waals surface area (Å²) in [4.78, 5) is 19.2. The molecule has 2 aromatic rings. The van der Waals surface area contributed by atoms with Crippen molar-refractivity contribution in [2.24, 2.45) is 0 Å². The van der Waals surface area contributed by atoms with Gasteiger partial charge in [-0.3, -0.25) is 4.79 Å². The minimum absolute atomic E-state index is 0.0661. The molecule has 1 saturated heterocycles. The maximum absolute atomic E-state index is 12.7. The van der Waals surface area contributed by atoms with Crippen LogP contribution in [-0.4, -0.2) is 28.6 Å². The number of rotatable bonds is 3. The number of anilines is 2. The predicted octanol–water partition coefficient (Wildman–Crippen LogP) is 3.28. The van der Waals surface area contributed by atoms with Crippen LogP contribution in [0.5, 0.6) is 0 Å². The van der Waals surface area contributed by atoms with E-state index in [1.165, 1.54) is 0 Å². The van der Waals surface area contributed by atoms with Gasteiger partial charge >= 0.3 is 0 Å². The van der Waals surface area contributed by atoms with E-state index in [0.29, 0.717) is 5.82 Å². The van der Waals surface area contributed by atoms with Crippen LogP contribution in [0.4, 0.5) is 11.6 Å². The number of nitrogens with zero attached hydrogens (tertiary/aromatic N) is 3. The third kappa shape index (κ3) is 3.42. The van der Waals surface area contributed by atoms with E-state index < -0.39 is 0 Å². The number of hydrogen-bond donors (Lipinski definition) is 1. The number of carbonyl (C=O) groups is 1. The van der Waals surface area contributed by atoms with E-state index in [1.807, 2.05) is 46.0 Å². The number of nitrogens with one attached hydrogen (secondary N) is 1. The summed E-state index contributed by atoms with van der Waals surface area (Å²) in [7, 11) is 0. The highest BCUT2D eigenvalue weighted by molar-refractivity contribution is 5.96. The Bertz CT molecular complexity index is 715. The monoisotopic (exact) mass is 328 g/mol. The molecular weight excluding hydrogens is 304 g/mol. The Labute approximate surface area is 142 Å². The molecule has 6 heteroatoms. The van der Waals surface area contributed by atoms with E-state index in [9.17, 15) is 4.79 Å². The van der Waals surface area contributed by atoms with Crippen molar-refractivity contribution in [3.05, 3.63) is 35.7 Å². The lowest BCUT2D eigenvalue weighted by Gasteiger charge is -2.24. The lowest BCUT2D eigenvalue weighted by atomic mass is 9.93. The normalized spacial score (nSPS) is 18.0. The number of aryl methyl sites for hydroxylation is 1. The highest BCUT2D eigenvalue weighted by atomic mass is 16.5. The van der Waals surface area contributed by atoms with Crippen LogP contribution in [0, 0.1) is 6.92 Å². The molecule has 3 rings (SSSR count). The van der Waals surface area contributed by atoms with Crippen molar-refractivity contribution in [3.63, 3.8) is 0 Å². The van der Waals surface area contributed by atoms with Gasteiger partial charge in [-0.05, 0) is 31.4 Å². The molecule has 1 fully saturated rings. The van der Waals surface area contributed by atoms with E-state index in [2.05, 4.69) is 20.4 Å². The SMILES string of the molecule is Cc1ccc(N2CCC[C@H]2C(=O)Nc2cc(C(C)(C)C)on2)nc1.